The van der Waals surface area contributed by atoms with E-state index in [-0.39, 0.29) is 37.2 Å². The van der Waals surface area contributed by atoms with Crippen molar-refractivity contribution in [3.8, 4) is 0 Å². The number of nitrogens with zero attached hydrogens (tertiary/aromatic N) is 4. The predicted molar refractivity (Wildman–Crippen MR) is 111 cm³/mol. The summed E-state index contributed by atoms with van der Waals surface area (Å²) in [6, 6.07) is -0.207. The lowest BCUT2D eigenvalue weighted by molar-refractivity contribution is -0.154. The van der Waals surface area contributed by atoms with E-state index in [1.54, 1.807) is 11.8 Å². The van der Waals surface area contributed by atoms with Crippen LogP contribution in [-0.4, -0.2) is 63.4 Å². The van der Waals surface area contributed by atoms with Gasteiger partial charge in [0.15, 0.2) is 11.6 Å². The highest BCUT2D eigenvalue weighted by molar-refractivity contribution is 5.80. The molecule has 0 bridgehead atoms. The minimum atomic E-state index is -0.713. The Morgan fingerprint density at radius 3 is 2.74 bits per heavy atom. The molecule has 1 saturated carbocycles. The first-order chi connectivity index (χ1) is 14.9. The number of halogens is 1. The lowest BCUT2D eigenvalue weighted by atomic mass is 9.92. The van der Waals surface area contributed by atoms with Crippen molar-refractivity contribution in [3.63, 3.8) is 0 Å². The topological polar surface area (TPSA) is 131 Å². The first-order valence-electron chi connectivity index (χ1n) is 10.8. The fourth-order valence-electron chi connectivity index (χ4n) is 4.53. The van der Waals surface area contributed by atoms with Gasteiger partial charge in [-0.2, -0.15) is 4.39 Å². The van der Waals surface area contributed by atoms with E-state index in [4.69, 9.17) is 0 Å². The Bertz CT molecular complexity index is 776. The molecule has 1 aromatic heterocycles. The summed E-state index contributed by atoms with van der Waals surface area (Å²) >= 11 is 0. The van der Waals surface area contributed by atoms with Crippen molar-refractivity contribution >= 4 is 24.0 Å². The molecule has 31 heavy (non-hydrogen) atoms. The number of aliphatic hydroxyl groups excluding tert-OH is 1. The SMILES string of the molecule is Cc1nc(NNC(=O)[C@H](CC2CCCC2)CN(O)C=O)c(F)c(N2CCC[C@H]2CO)n1. The van der Waals surface area contributed by atoms with Crippen LogP contribution in [0.5, 0.6) is 0 Å². The molecule has 2 heterocycles. The zero-order chi connectivity index (χ0) is 22.4. The third kappa shape index (κ3) is 5.79. The average molecular weight is 439 g/mol. The minimum Gasteiger partial charge on any atom is -0.394 e. The van der Waals surface area contributed by atoms with Gasteiger partial charge in [-0.3, -0.25) is 25.6 Å². The van der Waals surface area contributed by atoms with E-state index in [2.05, 4.69) is 20.8 Å². The van der Waals surface area contributed by atoms with Crippen LogP contribution in [0.3, 0.4) is 0 Å². The van der Waals surface area contributed by atoms with Crippen LogP contribution in [0.15, 0.2) is 0 Å². The lowest BCUT2D eigenvalue weighted by Crippen LogP contribution is -2.41. The molecule has 1 aliphatic heterocycles. The Morgan fingerprint density at radius 1 is 1.32 bits per heavy atom. The average Bonchev–Trinajstić information content (AvgIpc) is 3.44. The third-order valence-corrected chi connectivity index (χ3v) is 6.10. The van der Waals surface area contributed by atoms with E-state index in [0.29, 0.717) is 29.8 Å². The quantitative estimate of drug-likeness (QED) is 0.245. The monoisotopic (exact) mass is 438 g/mol. The van der Waals surface area contributed by atoms with Crippen LogP contribution in [0.4, 0.5) is 16.0 Å². The molecule has 10 nitrogen and oxygen atoms in total. The largest absolute Gasteiger partial charge is 0.394 e. The first kappa shape index (κ1) is 23.1. The van der Waals surface area contributed by atoms with E-state index in [0.717, 1.165) is 38.5 Å². The molecule has 3 rings (SSSR count). The maximum absolute atomic E-state index is 15.1. The van der Waals surface area contributed by atoms with Gasteiger partial charge >= 0.3 is 0 Å². The predicted octanol–water partition coefficient (Wildman–Crippen LogP) is 1.37. The number of anilines is 2. The zero-order valence-corrected chi connectivity index (χ0v) is 17.8. The van der Waals surface area contributed by atoms with Crippen LogP contribution < -0.4 is 15.8 Å². The van der Waals surface area contributed by atoms with Gasteiger partial charge in [-0.05, 0) is 32.1 Å². The second-order valence-corrected chi connectivity index (χ2v) is 8.35. The number of hydrazine groups is 1. The minimum absolute atomic E-state index is 0.0887. The smallest absolute Gasteiger partial charge is 0.243 e. The molecule has 0 radical (unpaired) electrons. The Kier molecular flexibility index (Phi) is 7.97. The molecule has 1 aromatic rings. The summed E-state index contributed by atoms with van der Waals surface area (Å²) < 4.78 is 15.1. The Hall–Kier alpha value is -2.53. The third-order valence-electron chi connectivity index (χ3n) is 6.10. The highest BCUT2D eigenvalue weighted by Gasteiger charge is 2.30. The van der Waals surface area contributed by atoms with Crippen molar-refractivity contribution in [1.82, 2.24) is 20.5 Å². The summed E-state index contributed by atoms with van der Waals surface area (Å²) in [4.78, 5) is 33.5. The van der Waals surface area contributed by atoms with Crippen molar-refractivity contribution < 1.29 is 24.3 Å². The molecule has 1 aliphatic carbocycles. The van der Waals surface area contributed by atoms with Crippen molar-refractivity contribution in [2.75, 3.05) is 30.0 Å². The van der Waals surface area contributed by atoms with E-state index in [9.17, 15) is 19.9 Å². The fourth-order valence-corrected chi connectivity index (χ4v) is 4.53. The zero-order valence-electron chi connectivity index (χ0n) is 17.8. The molecule has 2 fully saturated rings. The number of hydrogen-bond donors (Lipinski definition) is 4. The van der Waals surface area contributed by atoms with Crippen molar-refractivity contribution in [2.45, 2.75) is 57.9 Å². The molecule has 0 spiro atoms. The molecule has 172 valence electrons. The number of amides is 2. The Morgan fingerprint density at radius 2 is 2.06 bits per heavy atom. The summed E-state index contributed by atoms with van der Waals surface area (Å²) in [6.07, 6.45) is 6.58. The molecule has 2 atom stereocenters. The number of carbonyl (C=O) groups is 2. The number of aliphatic hydroxyl groups is 1. The maximum atomic E-state index is 15.1. The summed E-state index contributed by atoms with van der Waals surface area (Å²) in [5.41, 5.74) is 5.02. The number of hydrogen-bond acceptors (Lipinski definition) is 8. The molecule has 4 N–H and O–H groups in total. The highest BCUT2D eigenvalue weighted by Crippen LogP contribution is 2.31. The number of aromatic nitrogens is 2. The van der Waals surface area contributed by atoms with Gasteiger partial charge in [0.25, 0.3) is 0 Å². The standard InChI is InChI=1S/C20H31FN6O4/c1-13-22-18(17(21)19(23-13)27-8-4-7-16(27)11-28)24-25-20(30)15(10-26(31)12-29)9-14-5-2-3-6-14/h12,14-16,28,31H,2-11H2,1H3,(H,25,30)(H,22,23,24)/t15-,16+/m1/s1. The van der Waals surface area contributed by atoms with Gasteiger partial charge in [0.1, 0.15) is 5.82 Å². The van der Waals surface area contributed by atoms with Crippen LogP contribution >= 0.6 is 0 Å². The lowest BCUT2D eigenvalue weighted by Gasteiger charge is -2.26. The van der Waals surface area contributed by atoms with Gasteiger partial charge in [-0.15, -0.1) is 0 Å². The van der Waals surface area contributed by atoms with Crippen LogP contribution in [0.1, 0.15) is 50.8 Å². The van der Waals surface area contributed by atoms with Gasteiger partial charge in [0.05, 0.1) is 25.1 Å². The van der Waals surface area contributed by atoms with Gasteiger partial charge in [0, 0.05) is 6.54 Å². The van der Waals surface area contributed by atoms with Gasteiger partial charge in [-0.1, -0.05) is 25.7 Å². The second-order valence-electron chi connectivity index (χ2n) is 8.35. The van der Waals surface area contributed by atoms with Crippen LogP contribution in [-0.2, 0) is 9.59 Å². The number of rotatable bonds is 10. The molecule has 0 aromatic carbocycles. The highest BCUT2D eigenvalue weighted by atomic mass is 19.1. The number of carbonyl (C=O) groups excluding carboxylic acids is 2. The maximum Gasteiger partial charge on any atom is 0.243 e. The molecule has 2 amide bonds. The van der Waals surface area contributed by atoms with E-state index >= 15 is 4.39 Å². The molecular formula is C20H31FN6O4. The van der Waals surface area contributed by atoms with Gasteiger partial charge in [0.2, 0.25) is 18.1 Å². The molecule has 2 aliphatic rings. The van der Waals surface area contributed by atoms with E-state index < -0.39 is 17.6 Å². The summed E-state index contributed by atoms with van der Waals surface area (Å²) in [5, 5.41) is 19.6. The van der Waals surface area contributed by atoms with Crippen molar-refractivity contribution in [3.05, 3.63) is 11.6 Å². The summed E-state index contributed by atoms with van der Waals surface area (Å²) in [6.45, 7) is 1.96. The Labute approximate surface area is 180 Å². The number of nitrogens with one attached hydrogen (secondary N) is 2. The van der Waals surface area contributed by atoms with Crippen molar-refractivity contribution in [1.29, 1.82) is 0 Å². The van der Waals surface area contributed by atoms with Crippen molar-refractivity contribution in [2.24, 2.45) is 11.8 Å². The van der Waals surface area contributed by atoms with Gasteiger partial charge < -0.3 is 10.0 Å². The first-order valence-corrected chi connectivity index (χ1v) is 10.8. The second kappa shape index (κ2) is 10.7. The Balaban J connectivity index is 1.70. The van der Waals surface area contributed by atoms with Crippen LogP contribution in [0.25, 0.3) is 0 Å². The number of hydroxylamine groups is 2. The molecule has 11 heteroatoms. The normalized spacial score (nSPS) is 20.0. The van der Waals surface area contributed by atoms with Crippen LogP contribution in [0, 0.1) is 24.6 Å². The van der Waals surface area contributed by atoms with E-state index in [1.165, 1.54) is 0 Å². The summed E-state index contributed by atoms with van der Waals surface area (Å²) in [5.74, 6) is -1.22. The van der Waals surface area contributed by atoms with Gasteiger partial charge in [-0.25, -0.2) is 15.0 Å². The molecular weight excluding hydrogens is 407 g/mol. The summed E-state index contributed by atoms with van der Waals surface area (Å²) in [7, 11) is 0. The molecule has 1 saturated heterocycles. The fraction of sp³-hybridized carbons (Fsp3) is 0.700. The van der Waals surface area contributed by atoms with Crippen LogP contribution in [0.2, 0.25) is 0 Å². The number of aryl methyl sites for hydroxylation is 1. The van der Waals surface area contributed by atoms with E-state index in [1.807, 2.05) is 0 Å². The molecule has 0 unspecified atom stereocenters.